The number of rotatable bonds is 5. The summed E-state index contributed by atoms with van der Waals surface area (Å²) in [6.45, 7) is 1.71. The fraction of sp³-hybridized carbons (Fsp3) is 0.188. The topological polar surface area (TPSA) is 80.3 Å². The number of hydrogen-bond acceptors (Lipinski definition) is 4. The second-order valence-corrected chi connectivity index (χ2v) is 5.23. The number of halogens is 1. The van der Waals surface area contributed by atoms with E-state index in [0.717, 1.165) is 5.56 Å². The van der Waals surface area contributed by atoms with Gasteiger partial charge in [0.1, 0.15) is 11.4 Å². The van der Waals surface area contributed by atoms with Crippen molar-refractivity contribution in [3.05, 3.63) is 52.8 Å². The summed E-state index contributed by atoms with van der Waals surface area (Å²) in [5.74, 6) is -0.296. The van der Waals surface area contributed by atoms with Crippen LogP contribution in [0.25, 0.3) is 0 Å². The molecule has 0 saturated heterocycles. The van der Waals surface area contributed by atoms with E-state index in [-0.39, 0.29) is 18.1 Å². The highest BCUT2D eigenvalue weighted by Crippen LogP contribution is 2.24. The van der Waals surface area contributed by atoms with Gasteiger partial charge in [0.25, 0.3) is 5.91 Å². The Hall–Kier alpha value is -2.60. The normalized spacial score (nSPS) is 10.0. The van der Waals surface area contributed by atoms with E-state index >= 15 is 0 Å². The van der Waals surface area contributed by atoms with Crippen LogP contribution in [0.2, 0.25) is 5.02 Å². The number of nitrogens with one attached hydrogen (secondary N) is 2. The summed E-state index contributed by atoms with van der Waals surface area (Å²) in [5.41, 5.74) is 1.68. The average molecular weight is 334 g/mol. The predicted octanol–water partition coefficient (Wildman–Crippen LogP) is 2.42. The molecule has 0 radical (unpaired) electrons. The van der Waals surface area contributed by atoms with E-state index in [2.05, 4.69) is 15.6 Å². The summed E-state index contributed by atoms with van der Waals surface area (Å²) in [4.78, 5) is 27.8. The molecule has 0 aliphatic heterocycles. The van der Waals surface area contributed by atoms with Gasteiger partial charge in [-0.25, -0.2) is 0 Å². The molecule has 2 amide bonds. The van der Waals surface area contributed by atoms with Gasteiger partial charge in [-0.2, -0.15) is 0 Å². The molecule has 0 unspecified atom stereocenters. The number of aryl methyl sites for hydroxylation is 1. The Bertz CT molecular complexity index is 734. The Morgan fingerprint density at radius 1 is 1.26 bits per heavy atom. The van der Waals surface area contributed by atoms with E-state index < -0.39 is 5.91 Å². The summed E-state index contributed by atoms with van der Waals surface area (Å²) in [6, 6.07) is 8.42. The molecule has 7 heteroatoms. The molecule has 0 fully saturated rings. The minimum Gasteiger partial charge on any atom is -0.495 e. The van der Waals surface area contributed by atoms with Crippen molar-refractivity contribution in [1.29, 1.82) is 0 Å². The van der Waals surface area contributed by atoms with Gasteiger partial charge in [-0.15, -0.1) is 0 Å². The third-order valence-electron chi connectivity index (χ3n) is 2.99. The third-order valence-corrected chi connectivity index (χ3v) is 3.23. The van der Waals surface area contributed by atoms with Crippen LogP contribution in [-0.4, -0.2) is 30.5 Å². The smallest absolute Gasteiger partial charge is 0.270 e. The van der Waals surface area contributed by atoms with Crippen LogP contribution in [0.1, 0.15) is 16.1 Å². The Morgan fingerprint density at radius 3 is 2.74 bits per heavy atom. The lowest BCUT2D eigenvalue weighted by Crippen LogP contribution is -2.33. The SMILES string of the molecule is COc1ccc(C)cc1NC(=O)CNC(=O)c1cc(Cl)ccn1. The summed E-state index contributed by atoms with van der Waals surface area (Å²) >= 11 is 5.79. The minimum atomic E-state index is -0.473. The number of anilines is 1. The molecule has 0 bridgehead atoms. The van der Waals surface area contributed by atoms with Crippen LogP contribution < -0.4 is 15.4 Å². The van der Waals surface area contributed by atoms with E-state index in [0.29, 0.717) is 16.5 Å². The van der Waals surface area contributed by atoms with Crippen molar-refractivity contribution in [2.75, 3.05) is 19.0 Å². The molecule has 0 aliphatic carbocycles. The number of hydrogen-bond donors (Lipinski definition) is 2. The van der Waals surface area contributed by atoms with Crippen molar-refractivity contribution in [2.24, 2.45) is 0 Å². The monoisotopic (exact) mass is 333 g/mol. The van der Waals surface area contributed by atoms with Gasteiger partial charge in [0.15, 0.2) is 0 Å². The zero-order chi connectivity index (χ0) is 16.8. The van der Waals surface area contributed by atoms with E-state index in [4.69, 9.17) is 16.3 Å². The van der Waals surface area contributed by atoms with Crippen molar-refractivity contribution in [2.45, 2.75) is 6.92 Å². The minimum absolute atomic E-state index is 0.151. The molecule has 0 aliphatic rings. The quantitative estimate of drug-likeness (QED) is 0.880. The number of pyridine rings is 1. The van der Waals surface area contributed by atoms with Gasteiger partial charge in [-0.05, 0) is 36.8 Å². The molecule has 6 nitrogen and oxygen atoms in total. The summed E-state index contributed by atoms with van der Waals surface area (Å²) in [5, 5.41) is 5.58. The van der Waals surface area contributed by atoms with E-state index in [1.807, 2.05) is 13.0 Å². The molecule has 1 aromatic carbocycles. The highest BCUT2D eigenvalue weighted by molar-refractivity contribution is 6.30. The lowest BCUT2D eigenvalue weighted by molar-refractivity contribution is -0.115. The highest BCUT2D eigenvalue weighted by atomic mass is 35.5. The maximum absolute atomic E-state index is 12.0. The van der Waals surface area contributed by atoms with Crippen LogP contribution >= 0.6 is 11.6 Å². The maximum atomic E-state index is 12.0. The Kier molecular flexibility index (Phi) is 5.54. The average Bonchev–Trinajstić information content (AvgIpc) is 2.53. The van der Waals surface area contributed by atoms with Crippen LogP contribution in [0.5, 0.6) is 5.75 Å². The number of carbonyl (C=O) groups excluding carboxylic acids is 2. The van der Waals surface area contributed by atoms with Crippen LogP contribution in [0.4, 0.5) is 5.69 Å². The Labute approximate surface area is 138 Å². The molecule has 1 heterocycles. The molecular formula is C16H16ClN3O3. The fourth-order valence-electron chi connectivity index (χ4n) is 1.89. The van der Waals surface area contributed by atoms with Crippen molar-refractivity contribution < 1.29 is 14.3 Å². The van der Waals surface area contributed by atoms with Crippen molar-refractivity contribution >= 4 is 29.1 Å². The van der Waals surface area contributed by atoms with E-state index in [1.54, 1.807) is 18.2 Å². The number of carbonyl (C=O) groups is 2. The largest absolute Gasteiger partial charge is 0.495 e. The molecule has 120 valence electrons. The first-order valence-electron chi connectivity index (χ1n) is 6.84. The van der Waals surface area contributed by atoms with Crippen LogP contribution in [0.15, 0.2) is 36.5 Å². The molecular weight excluding hydrogens is 318 g/mol. The number of methoxy groups -OCH3 is 1. The van der Waals surface area contributed by atoms with Gasteiger partial charge in [0.2, 0.25) is 5.91 Å². The second kappa shape index (κ2) is 7.60. The van der Waals surface area contributed by atoms with Crippen LogP contribution in [0, 0.1) is 6.92 Å². The van der Waals surface area contributed by atoms with Crippen molar-refractivity contribution in [3.8, 4) is 5.75 Å². The Balaban J connectivity index is 1.95. The standard InChI is InChI=1S/C16H16ClN3O3/c1-10-3-4-14(23-2)12(7-10)20-15(21)9-19-16(22)13-8-11(17)5-6-18-13/h3-8H,9H2,1-2H3,(H,19,22)(H,20,21). The summed E-state index contributed by atoms with van der Waals surface area (Å²) in [7, 11) is 1.52. The Morgan fingerprint density at radius 2 is 2.04 bits per heavy atom. The number of ether oxygens (including phenoxy) is 1. The number of aromatic nitrogens is 1. The fourth-order valence-corrected chi connectivity index (χ4v) is 2.05. The molecule has 2 rings (SSSR count). The van der Waals surface area contributed by atoms with Gasteiger partial charge < -0.3 is 15.4 Å². The first-order chi connectivity index (χ1) is 11.0. The van der Waals surface area contributed by atoms with E-state index in [9.17, 15) is 9.59 Å². The van der Waals surface area contributed by atoms with Gasteiger partial charge in [0, 0.05) is 11.2 Å². The number of benzene rings is 1. The lowest BCUT2D eigenvalue weighted by Gasteiger charge is -2.11. The molecule has 2 N–H and O–H groups in total. The number of amides is 2. The third kappa shape index (κ3) is 4.69. The van der Waals surface area contributed by atoms with Crippen molar-refractivity contribution in [1.82, 2.24) is 10.3 Å². The molecule has 0 saturated carbocycles. The molecule has 23 heavy (non-hydrogen) atoms. The van der Waals surface area contributed by atoms with Gasteiger partial charge in [0.05, 0.1) is 19.3 Å². The first kappa shape index (κ1) is 16.8. The second-order valence-electron chi connectivity index (χ2n) is 4.79. The molecule has 0 atom stereocenters. The van der Waals surface area contributed by atoms with Gasteiger partial charge >= 0.3 is 0 Å². The zero-order valence-corrected chi connectivity index (χ0v) is 13.5. The molecule has 0 spiro atoms. The lowest BCUT2D eigenvalue weighted by atomic mass is 10.2. The first-order valence-corrected chi connectivity index (χ1v) is 7.21. The molecule has 2 aromatic rings. The van der Waals surface area contributed by atoms with Crippen LogP contribution in [-0.2, 0) is 4.79 Å². The predicted molar refractivity (Wildman–Crippen MR) is 87.9 cm³/mol. The van der Waals surface area contributed by atoms with Gasteiger partial charge in [-0.1, -0.05) is 17.7 Å². The molecule has 1 aromatic heterocycles. The maximum Gasteiger partial charge on any atom is 0.270 e. The highest BCUT2D eigenvalue weighted by Gasteiger charge is 2.11. The van der Waals surface area contributed by atoms with Gasteiger partial charge in [-0.3, -0.25) is 14.6 Å². The zero-order valence-electron chi connectivity index (χ0n) is 12.7. The summed E-state index contributed by atoms with van der Waals surface area (Å²) in [6.07, 6.45) is 1.43. The van der Waals surface area contributed by atoms with E-state index in [1.165, 1.54) is 19.4 Å². The summed E-state index contributed by atoms with van der Waals surface area (Å²) < 4.78 is 5.18. The number of nitrogens with zero attached hydrogens (tertiary/aromatic N) is 1. The van der Waals surface area contributed by atoms with Crippen molar-refractivity contribution in [3.63, 3.8) is 0 Å². The van der Waals surface area contributed by atoms with Crippen LogP contribution in [0.3, 0.4) is 0 Å².